The van der Waals surface area contributed by atoms with E-state index in [1.54, 1.807) is 6.92 Å². The topological polar surface area (TPSA) is 73.4 Å². The van der Waals surface area contributed by atoms with Gasteiger partial charge in [-0.25, -0.2) is 0 Å². The number of hydrogen-bond donors (Lipinski definition) is 2. The molecular weight excluding hydrogens is 268 g/mol. The van der Waals surface area contributed by atoms with Gasteiger partial charge in [0, 0.05) is 23.6 Å². The van der Waals surface area contributed by atoms with Crippen molar-refractivity contribution in [2.75, 3.05) is 13.1 Å². The third kappa shape index (κ3) is 3.24. The lowest BCUT2D eigenvalue weighted by atomic mass is 10.1. The monoisotopic (exact) mass is 288 g/mol. The number of aryl methyl sites for hydroxylation is 1. The van der Waals surface area contributed by atoms with Gasteiger partial charge in [0.05, 0.1) is 6.42 Å². The fourth-order valence-electron chi connectivity index (χ4n) is 2.53. The molecule has 112 valence electrons. The zero-order valence-electron chi connectivity index (χ0n) is 12.3. The summed E-state index contributed by atoms with van der Waals surface area (Å²) in [4.78, 5) is 27.6. The molecule has 2 aromatic rings. The van der Waals surface area contributed by atoms with E-state index in [4.69, 9.17) is 5.11 Å². The molecule has 0 bridgehead atoms. The smallest absolute Gasteiger partial charge is 0.323 e. The summed E-state index contributed by atoms with van der Waals surface area (Å²) >= 11 is 0. The van der Waals surface area contributed by atoms with E-state index in [1.807, 2.05) is 18.3 Å². The van der Waals surface area contributed by atoms with E-state index in [0.717, 1.165) is 22.9 Å². The largest absolute Gasteiger partial charge is 0.480 e. The minimum Gasteiger partial charge on any atom is -0.480 e. The number of hydrogen-bond acceptors (Lipinski definition) is 2. The van der Waals surface area contributed by atoms with Crippen LogP contribution in [-0.4, -0.2) is 40.0 Å². The molecule has 0 aliphatic carbocycles. The summed E-state index contributed by atoms with van der Waals surface area (Å²) in [7, 11) is 0. The van der Waals surface area contributed by atoms with Crippen molar-refractivity contribution in [2.24, 2.45) is 0 Å². The molecule has 5 nitrogen and oxygen atoms in total. The maximum absolute atomic E-state index is 12.2. The van der Waals surface area contributed by atoms with Gasteiger partial charge in [-0.2, -0.15) is 0 Å². The van der Waals surface area contributed by atoms with E-state index >= 15 is 0 Å². The Bertz CT molecular complexity index is 661. The zero-order valence-corrected chi connectivity index (χ0v) is 12.3. The highest BCUT2D eigenvalue weighted by Crippen LogP contribution is 2.23. The van der Waals surface area contributed by atoms with Crippen LogP contribution < -0.4 is 0 Å². The fourth-order valence-corrected chi connectivity index (χ4v) is 2.53. The predicted molar refractivity (Wildman–Crippen MR) is 81.3 cm³/mol. The molecule has 0 aliphatic rings. The lowest BCUT2D eigenvalue weighted by Gasteiger charge is -2.18. The lowest BCUT2D eigenvalue weighted by Crippen LogP contribution is -2.36. The number of carboxylic acids is 1. The van der Waals surface area contributed by atoms with Gasteiger partial charge in [0.2, 0.25) is 5.91 Å². The van der Waals surface area contributed by atoms with Crippen LogP contribution in [-0.2, 0) is 22.4 Å². The minimum absolute atomic E-state index is 0.164. The molecule has 1 aromatic carbocycles. The van der Waals surface area contributed by atoms with E-state index in [9.17, 15) is 9.59 Å². The number of carboxylic acid groups (broad SMARTS) is 1. The van der Waals surface area contributed by atoms with Gasteiger partial charge in [0.25, 0.3) is 0 Å². The summed E-state index contributed by atoms with van der Waals surface area (Å²) in [5, 5.41) is 9.87. The van der Waals surface area contributed by atoms with Crippen molar-refractivity contribution >= 4 is 22.8 Å². The summed E-state index contributed by atoms with van der Waals surface area (Å²) in [5.41, 5.74) is 3.18. The Morgan fingerprint density at radius 1 is 1.24 bits per heavy atom. The Kier molecular flexibility index (Phi) is 4.62. The van der Waals surface area contributed by atoms with Crippen molar-refractivity contribution in [1.29, 1.82) is 0 Å². The maximum atomic E-state index is 12.2. The van der Waals surface area contributed by atoms with Gasteiger partial charge in [-0.05, 0) is 24.5 Å². The van der Waals surface area contributed by atoms with Gasteiger partial charge in [-0.15, -0.1) is 0 Å². The lowest BCUT2D eigenvalue weighted by molar-refractivity contribution is -0.144. The molecule has 0 saturated carbocycles. The van der Waals surface area contributed by atoms with Crippen molar-refractivity contribution in [3.63, 3.8) is 0 Å². The molecule has 1 aromatic heterocycles. The van der Waals surface area contributed by atoms with Crippen LogP contribution in [0.3, 0.4) is 0 Å². The average molecular weight is 288 g/mol. The molecule has 2 N–H and O–H groups in total. The van der Waals surface area contributed by atoms with E-state index in [0.29, 0.717) is 6.54 Å². The third-order valence-electron chi connectivity index (χ3n) is 3.67. The van der Waals surface area contributed by atoms with Gasteiger partial charge in [-0.1, -0.05) is 25.1 Å². The van der Waals surface area contributed by atoms with E-state index in [2.05, 4.69) is 18.0 Å². The molecule has 1 heterocycles. The Balaban J connectivity index is 2.23. The Labute approximate surface area is 123 Å². The molecule has 0 radical (unpaired) electrons. The van der Waals surface area contributed by atoms with Gasteiger partial charge in [0.1, 0.15) is 6.54 Å². The minimum atomic E-state index is -0.989. The number of fused-ring (bicyclic) bond motifs is 1. The Morgan fingerprint density at radius 3 is 2.62 bits per heavy atom. The number of nitrogens with one attached hydrogen (secondary N) is 1. The van der Waals surface area contributed by atoms with E-state index < -0.39 is 5.97 Å². The number of aliphatic carboxylic acids is 1. The average Bonchev–Trinajstić information content (AvgIpc) is 2.87. The van der Waals surface area contributed by atoms with Crippen LogP contribution in [0.25, 0.3) is 10.9 Å². The van der Waals surface area contributed by atoms with Crippen molar-refractivity contribution in [1.82, 2.24) is 9.88 Å². The Morgan fingerprint density at radius 2 is 2.00 bits per heavy atom. The summed E-state index contributed by atoms with van der Waals surface area (Å²) in [5.74, 6) is -1.15. The standard InChI is InChI=1S/C16H20N2O3/c1-3-11-6-5-7-13-12(9-17-16(11)13)8-14(19)18(4-2)10-15(20)21/h5-7,9,17H,3-4,8,10H2,1-2H3,(H,20,21). The molecule has 2 rings (SSSR count). The number of aromatic amines is 1. The van der Waals surface area contributed by atoms with Gasteiger partial charge in [0.15, 0.2) is 0 Å². The molecule has 21 heavy (non-hydrogen) atoms. The van der Waals surface area contributed by atoms with E-state index in [-0.39, 0.29) is 18.9 Å². The second kappa shape index (κ2) is 6.43. The van der Waals surface area contributed by atoms with Crippen LogP contribution >= 0.6 is 0 Å². The highest BCUT2D eigenvalue weighted by Gasteiger charge is 2.17. The maximum Gasteiger partial charge on any atom is 0.323 e. The van der Waals surface area contributed by atoms with Gasteiger partial charge in [-0.3, -0.25) is 9.59 Å². The molecule has 0 spiro atoms. The molecule has 1 amide bonds. The highest BCUT2D eigenvalue weighted by molar-refractivity contribution is 5.91. The van der Waals surface area contributed by atoms with Crippen LogP contribution in [0.15, 0.2) is 24.4 Å². The molecule has 0 fully saturated rings. The predicted octanol–water partition coefficient (Wildman–Crippen LogP) is 2.21. The van der Waals surface area contributed by atoms with Crippen LogP contribution in [0, 0.1) is 0 Å². The third-order valence-corrected chi connectivity index (χ3v) is 3.67. The first-order chi connectivity index (χ1) is 10.1. The first-order valence-electron chi connectivity index (χ1n) is 7.14. The van der Waals surface area contributed by atoms with Gasteiger partial charge < -0.3 is 15.0 Å². The molecule has 0 aliphatic heterocycles. The number of H-pyrrole nitrogens is 1. The summed E-state index contributed by atoms with van der Waals surface area (Å²) in [6, 6.07) is 6.03. The first-order valence-corrected chi connectivity index (χ1v) is 7.14. The van der Waals surface area contributed by atoms with E-state index in [1.165, 1.54) is 10.5 Å². The number of nitrogens with zero attached hydrogens (tertiary/aromatic N) is 1. The second-order valence-corrected chi connectivity index (χ2v) is 4.99. The first kappa shape index (κ1) is 15.1. The number of para-hydroxylation sites is 1. The van der Waals surface area contributed by atoms with Crippen LogP contribution in [0.4, 0.5) is 0 Å². The van der Waals surface area contributed by atoms with Crippen LogP contribution in [0.1, 0.15) is 25.0 Å². The SMILES string of the molecule is CCc1cccc2c(CC(=O)N(CC)CC(=O)O)c[nH]c12. The molecule has 0 atom stereocenters. The number of rotatable bonds is 6. The zero-order chi connectivity index (χ0) is 15.4. The highest BCUT2D eigenvalue weighted by atomic mass is 16.4. The van der Waals surface area contributed by atoms with Crippen LogP contribution in [0.5, 0.6) is 0 Å². The number of amides is 1. The molecule has 0 unspecified atom stereocenters. The van der Waals surface area contributed by atoms with Crippen molar-refractivity contribution in [3.8, 4) is 0 Å². The van der Waals surface area contributed by atoms with Gasteiger partial charge >= 0.3 is 5.97 Å². The quantitative estimate of drug-likeness (QED) is 0.856. The number of aromatic nitrogens is 1. The summed E-state index contributed by atoms with van der Waals surface area (Å²) in [6.07, 6.45) is 2.98. The molecule has 5 heteroatoms. The second-order valence-electron chi connectivity index (χ2n) is 4.99. The molecule has 0 saturated heterocycles. The van der Waals surface area contributed by atoms with Crippen LogP contribution in [0.2, 0.25) is 0 Å². The van der Waals surface area contributed by atoms with Crippen molar-refractivity contribution < 1.29 is 14.7 Å². The number of carbonyl (C=O) groups is 2. The summed E-state index contributed by atoms with van der Waals surface area (Å²) < 4.78 is 0. The number of likely N-dealkylation sites (N-methyl/N-ethyl adjacent to an activating group) is 1. The van der Waals surface area contributed by atoms with Crippen molar-refractivity contribution in [2.45, 2.75) is 26.7 Å². The Hall–Kier alpha value is -2.30. The molecular formula is C16H20N2O3. The number of benzene rings is 1. The van der Waals surface area contributed by atoms with Crippen molar-refractivity contribution in [3.05, 3.63) is 35.5 Å². The number of carbonyl (C=O) groups excluding carboxylic acids is 1. The normalized spacial score (nSPS) is 10.8. The summed E-state index contributed by atoms with van der Waals surface area (Å²) in [6.45, 7) is 4.02. The fraction of sp³-hybridized carbons (Fsp3) is 0.375.